The fourth-order valence-electron chi connectivity index (χ4n) is 2.85. The zero-order valence-corrected chi connectivity index (χ0v) is 14.2. The van der Waals surface area contributed by atoms with Crippen LogP contribution in [0.15, 0.2) is 29.2 Å². The van der Waals surface area contributed by atoms with E-state index in [-0.39, 0.29) is 16.8 Å². The first-order valence-electron chi connectivity index (χ1n) is 8.06. The predicted molar refractivity (Wildman–Crippen MR) is 90.5 cm³/mol. The first-order chi connectivity index (χ1) is 10.9. The van der Waals surface area contributed by atoms with Crippen LogP contribution >= 0.6 is 0 Å². The summed E-state index contributed by atoms with van der Waals surface area (Å²) in [5.74, 6) is -0.127. The minimum absolute atomic E-state index is 0.0279. The molecular weight excluding hydrogens is 314 g/mol. The van der Waals surface area contributed by atoms with Gasteiger partial charge in [0.15, 0.2) is 0 Å². The summed E-state index contributed by atoms with van der Waals surface area (Å²) < 4.78 is 22.4. The van der Waals surface area contributed by atoms with Crippen molar-refractivity contribution in [2.75, 3.05) is 5.32 Å². The Kier molecular flexibility index (Phi) is 6.15. The van der Waals surface area contributed by atoms with Gasteiger partial charge in [0.25, 0.3) is 0 Å². The lowest BCUT2D eigenvalue weighted by Crippen LogP contribution is -2.43. The largest absolute Gasteiger partial charge is 0.325 e. The minimum atomic E-state index is -3.71. The monoisotopic (exact) mass is 339 g/mol. The third kappa shape index (κ3) is 5.60. The van der Waals surface area contributed by atoms with E-state index in [2.05, 4.69) is 10.6 Å². The van der Waals surface area contributed by atoms with Gasteiger partial charge in [-0.15, -0.1) is 0 Å². The second-order valence-corrected chi connectivity index (χ2v) is 7.70. The van der Waals surface area contributed by atoms with Gasteiger partial charge < -0.3 is 10.6 Å². The van der Waals surface area contributed by atoms with E-state index >= 15 is 0 Å². The number of hydrogen-bond acceptors (Lipinski definition) is 4. The molecule has 23 heavy (non-hydrogen) atoms. The number of anilines is 1. The third-order valence-electron chi connectivity index (χ3n) is 4.18. The van der Waals surface area contributed by atoms with Crippen molar-refractivity contribution in [2.24, 2.45) is 5.14 Å². The molecule has 0 unspecified atom stereocenters. The molecule has 128 valence electrons. The quantitative estimate of drug-likeness (QED) is 0.714. The van der Waals surface area contributed by atoms with E-state index in [0.29, 0.717) is 11.7 Å². The summed E-state index contributed by atoms with van der Waals surface area (Å²) in [6.07, 6.45) is 7.19. The van der Waals surface area contributed by atoms with Crippen LogP contribution in [0.3, 0.4) is 0 Å². The van der Waals surface area contributed by atoms with Gasteiger partial charge in [0.2, 0.25) is 15.9 Å². The standard InChI is InChI=1S/C16H25N3O3S/c1-12(18-13-6-4-2-3-5-7-13)16(20)19-14-8-10-15(11-9-14)23(17,21)22/h8-13,18H,2-7H2,1H3,(H,19,20)(H2,17,21,22)/t12-/m1/s1. The first kappa shape index (κ1) is 17.9. The second kappa shape index (κ2) is 7.90. The number of rotatable bonds is 5. The van der Waals surface area contributed by atoms with Crippen LogP contribution in [0.2, 0.25) is 0 Å². The molecule has 0 heterocycles. The Labute approximate surface area is 137 Å². The smallest absolute Gasteiger partial charge is 0.241 e. The minimum Gasteiger partial charge on any atom is -0.325 e. The molecular formula is C16H25N3O3S. The normalized spacial score (nSPS) is 18.2. The number of hydrogen-bond donors (Lipinski definition) is 3. The van der Waals surface area contributed by atoms with E-state index in [1.165, 1.54) is 49.9 Å². The summed E-state index contributed by atoms with van der Waals surface area (Å²) in [5.41, 5.74) is 0.553. The molecule has 1 aromatic rings. The molecule has 1 amide bonds. The molecule has 1 atom stereocenters. The van der Waals surface area contributed by atoms with E-state index < -0.39 is 10.0 Å². The van der Waals surface area contributed by atoms with Crippen LogP contribution in [-0.4, -0.2) is 26.4 Å². The van der Waals surface area contributed by atoms with Crippen molar-refractivity contribution in [3.8, 4) is 0 Å². The number of primary sulfonamides is 1. The Morgan fingerprint density at radius 2 is 1.70 bits per heavy atom. The first-order valence-corrected chi connectivity index (χ1v) is 9.60. The number of benzene rings is 1. The molecule has 1 aliphatic rings. The van der Waals surface area contributed by atoms with Crippen molar-refractivity contribution in [3.05, 3.63) is 24.3 Å². The van der Waals surface area contributed by atoms with E-state index in [9.17, 15) is 13.2 Å². The Bertz CT molecular complexity index is 620. The maximum atomic E-state index is 12.2. The van der Waals surface area contributed by atoms with Crippen molar-refractivity contribution in [1.82, 2.24) is 5.32 Å². The molecule has 0 bridgehead atoms. The van der Waals surface area contributed by atoms with Gasteiger partial charge in [-0.2, -0.15) is 0 Å². The van der Waals surface area contributed by atoms with E-state index in [4.69, 9.17) is 5.14 Å². The van der Waals surface area contributed by atoms with Crippen LogP contribution in [-0.2, 0) is 14.8 Å². The summed E-state index contributed by atoms with van der Waals surface area (Å²) in [5, 5.41) is 11.2. The van der Waals surface area contributed by atoms with Gasteiger partial charge in [0.1, 0.15) is 0 Å². The lowest BCUT2D eigenvalue weighted by Gasteiger charge is -2.21. The summed E-state index contributed by atoms with van der Waals surface area (Å²) in [6.45, 7) is 1.85. The Morgan fingerprint density at radius 3 is 2.22 bits per heavy atom. The zero-order valence-electron chi connectivity index (χ0n) is 13.4. The van der Waals surface area contributed by atoms with Gasteiger partial charge in [-0.05, 0) is 44.0 Å². The number of carbonyl (C=O) groups is 1. The highest BCUT2D eigenvalue weighted by molar-refractivity contribution is 7.89. The molecule has 0 aliphatic heterocycles. The van der Waals surface area contributed by atoms with Crippen molar-refractivity contribution in [3.63, 3.8) is 0 Å². The fraction of sp³-hybridized carbons (Fsp3) is 0.562. The number of sulfonamides is 1. The molecule has 0 aromatic heterocycles. The topological polar surface area (TPSA) is 101 Å². The molecule has 4 N–H and O–H groups in total. The highest BCUT2D eigenvalue weighted by Crippen LogP contribution is 2.18. The van der Waals surface area contributed by atoms with Crippen LogP contribution in [0, 0.1) is 0 Å². The summed E-state index contributed by atoms with van der Waals surface area (Å²) in [6, 6.07) is 5.94. The highest BCUT2D eigenvalue weighted by atomic mass is 32.2. The number of carbonyl (C=O) groups excluding carboxylic acids is 1. The Hall–Kier alpha value is -1.44. The lowest BCUT2D eigenvalue weighted by atomic mass is 10.1. The number of nitrogens with one attached hydrogen (secondary N) is 2. The van der Waals surface area contributed by atoms with Gasteiger partial charge in [-0.1, -0.05) is 25.7 Å². The molecule has 1 aliphatic carbocycles. The third-order valence-corrected chi connectivity index (χ3v) is 5.11. The predicted octanol–water partition coefficient (Wildman–Crippen LogP) is 1.97. The average Bonchev–Trinajstić information content (AvgIpc) is 2.75. The van der Waals surface area contributed by atoms with Crippen LogP contribution < -0.4 is 15.8 Å². The SMILES string of the molecule is C[C@@H](NC1CCCCCC1)C(=O)Nc1ccc(S(N)(=O)=O)cc1. The molecule has 0 saturated heterocycles. The van der Waals surface area contributed by atoms with Gasteiger partial charge in [0, 0.05) is 11.7 Å². The van der Waals surface area contributed by atoms with Gasteiger partial charge in [0.05, 0.1) is 10.9 Å². The molecule has 0 radical (unpaired) electrons. The van der Waals surface area contributed by atoms with Gasteiger partial charge in [-0.3, -0.25) is 4.79 Å². The number of nitrogens with two attached hydrogens (primary N) is 1. The maximum Gasteiger partial charge on any atom is 0.241 e. The average molecular weight is 339 g/mol. The summed E-state index contributed by atoms with van der Waals surface area (Å²) in [7, 11) is -3.71. The maximum absolute atomic E-state index is 12.2. The van der Waals surface area contributed by atoms with Gasteiger partial charge in [-0.25, -0.2) is 13.6 Å². The van der Waals surface area contributed by atoms with Crippen LogP contribution in [0.25, 0.3) is 0 Å². The Balaban J connectivity index is 1.90. The van der Waals surface area contributed by atoms with Crippen molar-refractivity contribution in [1.29, 1.82) is 0 Å². The number of amides is 1. The van der Waals surface area contributed by atoms with Crippen molar-refractivity contribution >= 4 is 21.6 Å². The van der Waals surface area contributed by atoms with E-state index in [0.717, 1.165) is 12.8 Å². The Morgan fingerprint density at radius 1 is 1.13 bits per heavy atom. The fourth-order valence-corrected chi connectivity index (χ4v) is 3.37. The zero-order chi connectivity index (χ0) is 16.9. The summed E-state index contributed by atoms with van der Waals surface area (Å²) >= 11 is 0. The van der Waals surface area contributed by atoms with E-state index in [1.54, 1.807) is 0 Å². The molecule has 2 rings (SSSR count). The van der Waals surface area contributed by atoms with Crippen molar-refractivity contribution in [2.45, 2.75) is 62.4 Å². The molecule has 6 nitrogen and oxygen atoms in total. The highest BCUT2D eigenvalue weighted by Gasteiger charge is 2.19. The molecule has 1 fully saturated rings. The van der Waals surface area contributed by atoms with Crippen LogP contribution in [0.5, 0.6) is 0 Å². The molecule has 0 spiro atoms. The molecule has 1 aromatic carbocycles. The van der Waals surface area contributed by atoms with Gasteiger partial charge >= 0.3 is 0 Å². The summed E-state index contributed by atoms with van der Waals surface area (Å²) in [4.78, 5) is 12.3. The molecule has 1 saturated carbocycles. The lowest BCUT2D eigenvalue weighted by molar-refractivity contribution is -0.118. The van der Waals surface area contributed by atoms with Crippen LogP contribution in [0.1, 0.15) is 45.4 Å². The van der Waals surface area contributed by atoms with Crippen molar-refractivity contribution < 1.29 is 13.2 Å². The van der Waals surface area contributed by atoms with E-state index in [1.807, 2.05) is 6.92 Å². The molecule has 7 heteroatoms. The van der Waals surface area contributed by atoms with Crippen LogP contribution in [0.4, 0.5) is 5.69 Å². The second-order valence-electron chi connectivity index (χ2n) is 6.14.